The van der Waals surface area contributed by atoms with Gasteiger partial charge in [-0.15, -0.1) is 0 Å². The Morgan fingerprint density at radius 1 is 1.00 bits per heavy atom. The summed E-state index contributed by atoms with van der Waals surface area (Å²) in [5.41, 5.74) is 2.52. The summed E-state index contributed by atoms with van der Waals surface area (Å²) >= 11 is 6.17. The Morgan fingerprint density at radius 2 is 1.55 bits per heavy atom. The summed E-state index contributed by atoms with van der Waals surface area (Å²) in [5.74, 6) is -3.32. The van der Waals surface area contributed by atoms with Gasteiger partial charge in [-0.05, 0) is 24.0 Å². The number of hydrogen-bond donors (Lipinski definition) is 1. The van der Waals surface area contributed by atoms with Crippen LogP contribution in [-0.4, -0.2) is 17.5 Å². The predicted octanol–water partition coefficient (Wildman–Crippen LogP) is 4.46. The molecule has 146 valence electrons. The first-order valence-corrected chi connectivity index (χ1v) is 9.71. The summed E-state index contributed by atoms with van der Waals surface area (Å²) < 4.78 is 0. The molecule has 5 nitrogen and oxygen atoms in total. The summed E-state index contributed by atoms with van der Waals surface area (Å²) in [6.07, 6.45) is 1.38. The molecule has 2 aromatic carbocycles. The molecule has 0 bridgehead atoms. The van der Waals surface area contributed by atoms with Crippen molar-refractivity contribution in [3.05, 3.63) is 75.3 Å². The molecule has 3 rings (SSSR count). The number of allylic oxidation sites excluding steroid dienone is 1. The monoisotopic (exact) mass is 406 g/mol. The maximum absolute atomic E-state index is 13.0. The second-order valence-corrected chi connectivity index (χ2v) is 7.02. The first-order chi connectivity index (χ1) is 13.9. The Balaban J connectivity index is 2.02. The van der Waals surface area contributed by atoms with E-state index in [1.807, 2.05) is 38.1 Å². The molecule has 29 heavy (non-hydrogen) atoms. The number of ketones is 2. The minimum atomic E-state index is -1.50. The Hall–Kier alpha value is -3.23. The highest BCUT2D eigenvalue weighted by Crippen LogP contribution is 2.33. The van der Waals surface area contributed by atoms with Gasteiger partial charge < -0.3 is 5.32 Å². The van der Waals surface area contributed by atoms with Crippen LogP contribution in [0.2, 0.25) is 0 Å². The smallest absolute Gasteiger partial charge is 0.246 e. The zero-order valence-electron chi connectivity index (χ0n) is 16.1. The van der Waals surface area contributed by atoms with Crippen LogP contribution in [0.15, 0.2) is 53.1 Å². The molecule has 0 saturated heterocycles. The van der Waals surface area contributed by atoms with Gasteiger partial charge in [0.15, 0.2) is 11.7 Å². The van der Waals surface area contributed by atoms with Gasteiger partial charge in [0.25, 0.3) is 0 Å². The third kappa shape index (κ3) is 3.59. The number of fused-ring (bicyclic) bond motifs is 1. The maximum atomic E-state index is 13.0. The van der Waals surface area contributed by atoms with Crippen LogP contribution in [0.4, 0.5) is 5.69 Å². The third-order valence-corrected chi connectivity index (χ3v) is 5.40. The fourth-order valence-corrected chi connectivity index (χ4v) is 3.77. The normalized spacial score (nSPS) is 14.3. The molecule has 1 aliphatic carbocycles. The Bertz CT molecular complexity index is 1070. The predicted molar refractivity (Wildman–Crippen MR) is 111 cm³/mol. The van der Waals surface area contributed by atoms with E-state index in [-0.39, 0.29) is 21.7 Å². The number of nitriles is 1. The van der Waals surface area contributed by atoms with Crippen molar-refractivity contribution in [1.29, 1.82) is 5.26 Å². The fraction of sp³-hybridized carbons (Fsp3) is 0.217. The van der Waals surface area contributed by atoms with Crippen molar-refractivity contribution in [3.63, 3.8) is 0 Å². The molecular formula is C23H19ClN2O3. The van der Waals surface area contributed by atoms with Crippen LogP contribution in [0.3, 0.4) is 0 Å². The highest BCUT2D eigenvalue weighted by molar-refractivity contribution is 6.50. The number of para-hydroxylation sites is 1. The summed E-state index contributed by atoms with van der Waals surface area (Å²) in [7, 11) is 0. The molecule has 0 heterocycles. The summed E-state index contributed by atoms with van der Waals surface area (Å²) in [6, 6.07) is 13.8. The number of benzene rings is 2. The standard InChI is InChI=1S/C23H19ClN2O3/c1-3-13-8-7-9-14(4-2)20(13)26-23(29)17(12-25)18-19(24)22(28)16-11-6-5-10-15(16)21(18)27/h5-11,17H,3-4H2,1-2H3,(H,26,29)/t17-/m1/s1. The van der Waals surface area contributed by atoms with E-state index in [1.165, 1.54) is 12.1 Å². The minimum absolute atomic E-state index is 0.146. The van der Waals surface area contributed by atoms with E-state index in [2.05, 4.69) is 5.32 Å². The van der Waals surface area contributed by atoms with E-state index in [0.29, 0.717) is 18.5 Å². The van der Waals surface area contributed by atoms with Crippen LogP contribution in [0.1, 0.15) is 45.7 Å². The van der Waals surface area contributed by atoms with Crippen molar-refractivity contribution < 1.29 is 14.4 Å². The number of carbonyl (C=O) groups excluding carboxylic acids is 3. The molecule has 0 spiro atoms. The van der Waals surface area contributed by atoms with E-state index in [4.69, 9.17) is 11.6 Å². The van der Waals surface area contributed by atoms with E-state index in [1.54, 1.807) is 12.1 Å². The number of hydrogen-bond acceptors (Lipinski definition) is 4. The number of amides is 1. The summed E-state index contributed by atoms with van der Waals surface area (Å²) in [6.45, 7) is 3.93. The Kier molecular flexibility index (Phi) is 5.95. The molecule has 6 heteroatoms. The van der Waals surface area contributed by atoms with Crippen molar-refractivity contribution in [2.24, 2.45) is 5.92 Å². The molecule has 0 unspecified atom stereocenters. The highest BCUT2D eigenvalue weighted by atomic mass is 35.5. The van der Waals surface area contributed by atoms with E-state index < -0.39 is 23.4 Å². The van der Waals surface area contributed by atoms with Crippen molar-refractivity contribution in [2.75, 3.05) is 5.32 Å². The first kappa shape index (κ1) is 20.5. The molecule has 1 aliphatic rings. The van der Waals surface area contributed by atoms with Gasteiger partial charge in [-0.2, -0.15) is 5.26 Å². The molecule has 0 aliphatic heterocycles. The zero-order chi connectivity index (χ0) is 21.1. The van der Waals surface area contributed by atoms with Crippen molar-refractivity contribution >= 4 is 34.8 Å². The number of nitrogens with zero attached hydrogens (tertiary/aromatic N) is 1. The van der Waals surface area contributed by atoms with E-state index in [0.717, 1.165) is 11.1 Å². The molecule has 0 saturated carbocycles. The van der Waals surface area contributed by atoms with Gasteiger partial charge in [-0.3, -0.25) is 14.4 Å². The van der Waals surface area contributed by atoms with Gasteiger partial charge in [-0.25, -0.2) is 0 Å². The number of rotatable bonds is 5. The quantitative estimate of drug-likeness (QED) is 0.793. The van der Waals surface area contributed by atoms with Gasteiger partial charge in [-0.1, -0.05) is 67.9 Å². The van der Waals surface area contributed by atoms with Gasteiger partial charge >= 0.3 is 0 Å². The topological polar surface area (TPSA) is 87.0 Å². The second kappa shape index (κ2) is 8.42. The maximum Gasteiger partial charge on any atom is 0.246 e. The number of anilines is 1. The van der Waals surface area contributed by atoms with Crippen molar-refractivity contribution in [3.8, 4) is 6.07 Å². The number of aryl methyl sites for hydroxylation is 2. The second-order valence-electron chi connectivity index (χ2n) is 6.64. The van der Waals surface area contributed by atoms with E-state index in [9.17, 15) is 19.6 Å². The average molecular weight is 407 g/mol. The molecule has 0 fully saturated rings. The lowest BCUT2D eigenvalue weighted by Crippen LogP contribution is -2.31. The van der Waals surface area contributed by atoms with Crippen LogP contribution in [0.25, 0.3) is 0 Å². The van der Waals surface area contributed by atoms with Crippen molar-refractivity contribution in [2.45, 2.75) is 26.7 Å². The van der Waals surface area contributed by atoms with Gasteiger partial charge in [0.05, 0.1) is 11.1 Å². The highest BCUT2D eigenvalue weighted by Gasteiger charge is 2.38. The van der Waals surface area contributed by atoms with Crippen LogP contribution in [0, 0.1) is 17.2 Å². The van der Waals surface area contributed by atoms with Gasteiger partial charge in [0.1, 0.15) is 0 Å². The van der Waals surface area contributed by atoms with E-state index >= 15 is 0 Å². The number of carbonyl (C=O) groups is 3. The molecule has 0 aromatic heterocycles. The SMILES string of the molecule is CCc1cccc(CC)c1NC(=O)[C@H](C#N)C1=C(Cl)C(=O)c2ccccc2C1=O. The van der Waals surface area contributed by atoms with Crippen LogP contribution < -0.4 is 5.32 Å². The number of nitrogens with one attached hydrogen (secondary N) is 1. The molecule has 1 amide bonds. The molecule has 1 atom stereocenters. The fourth-order valence-electron chi connectivity index (χ4n) is 3.48. The van der Waals surface area contributed by atoms with Crippen LogP contribution in [0.5, 0.6) is 0 Å². The Morgan fingerprint density at radius 3 is 2.07 bits per heavy atom. The minimum Gasteiger partial charge on any atom is -0.324 e. The largest absolute Gasteiger partial charge is 0.324 e. The first-order valence-electron chi connectivity index (χ1n) is 9.33. The van der Waals surface area contributed by atoms with Gasteiger partial charge in [0.2, 0.25) is 11.7 Å². The lowest BCUT2D eigenvalue weighted by atomic mass is 9.83. The summed E-state index contributed by atoms with van der Waals surface area (Å²) in [5, 5.41) is 12.1. The lowest BCUT2D eigenvalue weighted by molar-refractivity contribution is -0.117. The average Bonchev–Trinajstić information content (AvgIpc) is 2.75. The molecule has 0 radical (unpaired) electrons. The van der Waals surface area contributed by atoms with Crippen LogP contribution in [-0.2, 0) is 17.6 Å². The molecular weight excluding hydrogens is 388 g/mol. The zero-order valence-corrected chi connectivity index (χ0v) is 16.8. The molecule has 1 N–H and O–H groups in total. The van der Waals surface area contributed by atoms with Gasteiger partial charge in [0, 0.05) is 22.4 Å². The number of halogens is 1. The third-order valence-electron chi connectivity index (χ3n) is 5.02. The van der Waals surface area contributed by atoms with Crippen molar-refractivity contribution in [1.82, 2.24) is 0 Å². The molecule has 2 aromatic rings. The Labute approximate surface area is 174 Å². The summed E-state index contributed by atoms with van der Waals surface area (Å²) in [4.78, 5) is 38.5. The van der Waals surface area contributed by atoms with Crippen LogP contribution >= 0.6 is 11.6 Å². The lowest BCUT2D eigenvalue weighted by Gasteiger charge is -2.21. The number of Topliss-reactive ketones (excluding diaryl/α,β-unsaturated/α-hetero) is 2.